The molecule has 1 atom stereocenters. The van der Waals surface area contributed by atoms with Crippen molar-refractivity contribution in [2.75, 3.05) is 0 Å². The first-order valence-corrected chi connectivity index (χ1v) is 8.74. The van der Waals surface area contributed by atoms with Crippen LogP contribution in [-0.2, 0) is 6.54 Å². The molecule has 0 aliphatic heterocycles. The number of nitroso groups, excluding NO2 is 1. The van der Waals surface area contributed by atoms with Crippen molar-refractivity contribution in [2.24, 2.45) is 5.18 Å². The van der Waals surface area contributed by atoms with Crippen molar-refractivity contribution in [1.82, 2.24) is 15.3 Å². The van der Waals surface area contributed by atoms with Crippen molar-refractivity contribution in [3.8, 4) is 11.3 Å². The monoisotopic (exact) mass is 378 g/mol. The highest BCUT2D eigenvalue weighted by molar-refractivity contribution is 5.95. The summed E-state index contributed by atoms with van der Waals surface area (Å²) in [5.41, 5.74) is 3.98. The van der Waals surface area contributed by atoms with Crippen LogP contribution in [0.4, 0.5) is 4.39 Å². The average Bonchev–Trinajstić information content (AvgIpc) is 2.69. The molecule has 0 fully saturated rings. The maximum atomic E-state index is 13.0. The van der Waals surface area contributed by atoms with Gasteiger partial charge >= 0.3 is 0 Å². The zero-order valence-electron chi connectivity index (χ0n) is 15.5. The Balaban J connectivity index is 1.88. The number of aromatic nitrogens is 2. The van der Waals surface area contributed by atoms with Gasteiger partial charge in [-0.05, 0) is 61.4 Å². The van der Waals surface area contributed by atoms with Gasteiger partial charge in [0.1, 0.15) is 12.4 Å². The minimum atomic E-state index is -0.438. The number of hydrogen-bond donors (Lipinski definition) is 1. The van der Waals surface area contributed by atoms with Gasteiger partial charge in [0.2, 0.25) is 0 Å². The summed E-state index contributed by atoms with van der Waals surface area (Å²) >= 11 is 0. The van der Waals surface area contributed by atoms with Gasteiger partial charge in [-0.25, -0.2) is 4.39 Å². The van der Waals surface area contributed by atoms with Crippen LogP contribution < -0.4 is 5.32 Å². The van der Waals surface area contributed by atoms with Crippen molar-refractivity contribution < 1.29 is 9.18 Å². The molecule has 0 aliphatic rings. The second-order valence-electron chi connectivity index (χ2n) is 6.52. The zero-order valence-corrected chi connectivity index (χ0v) is 15.5. The van der Waals surface area contributed by atoms with E-state index < -0.39 is 11.9 Å². The lowest BCUT2D eigenvalue weighted by atomic mass is 10.0. The maximum Gasteiger partial charge on any atom is 0.251 e. The lowest BCUT2D eigenvalue weighted by Gasteiger charge is -2.14. The molecular weight excluding hydrogens is 359 g/mol. The zero-order chi connectivity index (χ0) is 20.1. The van der Waals surface area contributed by atoms with E-state index in [1.165, 1.54) is 12.1 Å². The third-order valence-corrected chi connectivity index (χ3v) is 4.25. The van der Waals surface area contributed by atoms with Crippen LogP contribution in [0.3, 0.4) is 0 Å². The predicted molar refractivity (Wildman–Crippen MR) is 104 cm³/mol. The first-order valence-electron chi connectivity index (χ1n) is 8.74. The Morgan fingerprint density at radius 1 is 1.14 bits per heavy atom. The predicted octanol–water partition coefficient (Wildman–Crippen LogP) is 4.35. The number of carbonyl (C=O) groups is 1. The van der Waals surface area contributed by atoms with Gasteiger partial charge in [-0.2, -0.15) is 4.91 Å². The fraction of sp³-hybridized carbons (Fsp3) is 0.190. The minimum absolute atomic E-state index is 0.0466. The van der Waals surface area contributed by atoms with Crippen LogP contribution in [0.1, 0.15) is 40.1 Å². The summed E-state index contributed by atoms with van der Waals surface area (Å²) in [6.45, 7) is 3.65. The van der Waals surface area contributed by atoms with Crippen LogP contribution in [0.25, 0.3) is 11.3 Å². The normalized spacial score (nSPS) is 11.7. The Bertz CT molecular complexity index is 988. The van der Waals surface area contributed by atoms with E-state index in [1.54, 1.807) is 31.3 Å². The highest BCUT2D eigenvalue weighted by Gasteiger charge is 2.15. The standard InChI is InChI=1S/C21H19FN4O2/c1-13-3-5-20(23-10-13)16-7-15(11-25-28)8-17(9-16)21(27)26-14(2)19-6-4-18(22)12-24-19/h3-10,12,14H,11H2,1-2H3,(H,26,27)/t14-/m1/s1. The molecule has 0 spiro atoms. The number of amides is 1. The summed E-state index contributed by atoms with van der Waals surface area (Å²) in [7, 11) is 0. The van der Waals surface area contributed by atoms with Crippen LogP contribution in [0, 0.1) is 17.6 Å². The van der Waals surface area contributed by atoms with Gasteiger partial charge in [0.25, 0.3) is 5.91 Å². The number of nitrogens with one attached hydrogen (secondary N) is 1. The lowest BCUT2D eigenvalue weighted by molar-refractivity contribution is 0.0939. The highest BCUT2D eigenvalue weighted by Crippen LogP contribution is 2.22. The van der Waals surface area contributed by atoms with E-state index >= 15 is 0 Å². The molecule has 6 nitrogen and oxygen atoms in total. The van der Waals surface area contributed by atoms with Crippen molar-refractivity contribution in [3.05, 3.63) is 88.0 Å². The number of carbonyl (C=O) groups excluding carboxylic acids is 1. The Kier molecular flexibility index (Phi) is 5.84. The van der Waals surface area contributed by atoms with Gasteiger partial charge in [0.05, 0.1) is 23.6 Å². The molecular formula is C21H19FN4O2. The molecule has 1 N–H and O–H groups in total. The second kappa shape index (κ2) is 8.47. The summed E-state index contributed by atoms with van der Waals surface area (Å²) in [6, 6.07) is 11.3. The average molecular weight is 378 g/mol. The molecule has 3 rings (SSSR count). The van der Waals surface area contributed by atoms with E-state index in [9.17, 15) is 14.1 Å². The van der Waals surface area contributed by atoms with Crippen molar-refractivity contribution >= 4 is 5.91 Å². The Labute approximate surface area is 161 Å². The van der Waals surface area contributed by atoms with Crippen molar-refractivity contribution in [1.29, 1.82) is 0 Å². The largest absolute Gasteiger partial charge is 0.344 e. The Morgan fingerprint density at radius 2 is 1.96 bits per heavy atom. The number of nitrogens with zero attached hydrogens (tertiary/aromatic N) is 3. The van der Waals surface area contributed by atoms with E-state index in [0.717, 1.165) is 17.3 Å². The van der Waals surface area contributed by atoms with Crippen LogP contribution in [0.2, 0.25) is 0 Å². The summed E-state index contributed by atoms with van der Waals surface area (Å²) < 4.78 is 13.0. The quantitative estimate of drug-likeness (QED) is 0.646. The topological polar surface area (TPSA) is 84.3 Å². The van der Waals surface area contributed by atoms with E-state index in [-0.39, 0.29) is 12.5 Å². The van der Waals surface area contributed by atoms with Crippen LogP contribution >= 0.6 is 0 Å². The fourth-order valence-corrected chi connectivity index (χ4v) is 2.77. The summed E-state index contributed by atoms with van der Waals surface area (Å²) in [5, 5.41) is 5.76. The molecule has 7 heteroatoms. The molecule has 3 aromatic rings. The van der Waals surface area contributed by atoms with Crippen LogP contribution in [0.5, 0.6) is 0 Å². The number of hydrogen-bond acceptors (Lipinski definition) is 5. The van der Waals surface area contributed by atoms with Gasteiger partial charge in [-0.15, -0.1) is 0 Å². The van der Waals surface area contributed by atoms with E-state index in [0.29, 0.717) is 22.5 Å². The molecule has 1 amide bonds. The minimum Gasteiger partial charge on any atom is -0.344 e. The van der Waals surface area contributed by atoms with Gasteiger partial charge in [0.15, 0.2) is 0 Å². The van der Waals surface area contributed by atoms with Gasteiger partial charge in [-0.3, -0.25) is 14.8 Å². The van der Waals surface area contributed by atoms with Crippen molar-refractivity contribution in [3.63, 3.8) is 0 Å². The first kappa shape index (κ1) is 19.3. The molecule has 0 saturated heterocycles. The Morgan fingerprint density at radius 3 is 2.61 bits per heavy atom. The van der Waals surface area contributed by atoms with Crippen LogP contribution in [-0.4, -0.2) is 15.9 Å². The number of benzene rings is 1. The molecule has 0 saturated carbocycles. The molecule has 0 bridgehead atoms. The lowest BCUT2D eigenvalue weighted by Crippen LogP contribution is -2.27. The fourth-order valence-electron chi connectivity index (χ4n) is 2.77. The number of halogens is 1. The van der Waals surface area contributed by atoms with Crippen molar-refractivity contribution in [2.45, 2.75) is 26.4 Å². The molecule has 2 heterocycles. The first-order chi connectivity index (χ1) is 13.5. The highest BCUT2D eigenvalue weighted by atomic mass is 19.1. The number of aryl methyl sites for hydroxylation is 1. The summed E-state index contributed by atoms with van der Waals surface area (Å²) in [6.07, 6.45) is 2.84. The smallest absolute Gasteiger partial charge is 0.251 e. The third kappa shape index (κ3) is 4.62. The summed E-state index contributed by atoms with van der Waals surface area (Å²) in [5.74, 6) is -0.772. The molecule has 142 valence electrons. The third-order valence-electron chi connectivity index (χ3n) is 4.25. The number of rotatable bonds is 6. The SMILES string of the molecule is Cc1ccc(-c2cc(CN=O)cc(C(=O)N[C@H](C)c3ccc(F)cn3)c2)nc1. The van der Waals surface area contributed by atoms with Crippen LogP contribution in [0.15, 0.2) is 60.0 Å². The molecule has 0 unspecified atom stereocenters. The van der Waals surface area contributed by atoms with Gasteiger partial charge in [0, 0.05) is 17.3 Å². The maximum absolute atomic E-state index is 13.0. The van der Waals surface area contributed by atoms with E-state index in [2.05, 4.69) is 20.5 Å². The summed E-state index contributed by atoms with van der Waals surface area (Å²) in [4.78, 5) is 31.9. The molecule has 1 aromatic carbocycles. The Hall–Kier alpha value is -3.48. The van der Waals surface area contributed by atoms with E-state index in [1.807, 2.05) is 19.1 Å². The molecule has 2 aromatic heterocycles. The van der Waals surface area contributed by atoms with Gasteiger partial charge in [-0.1, -0.05) is 11.2 Å². The second-order valence-corrected chi connectivity index (χ2v) is 6.52. The van der Waals surface area contributed by atoms with E-state index in [4.69, 9.17) is 0 Å². The molecule has 0 radical (unpaired) electrons. The number of pyridine rings is 2. The molecule has 0 aliphatic carbocycles. The van der Waals surface area contributed by atoms with Gasteiger partial charge < -0.3 is 5.32 Å². The molecule has 28 heavy (non-hydrogen) atoms.